The van der Waals surface area contributed by atoms with Crippen LogP contribution in [-0.4, -0.2) is 39.2 Å². The van der Waals surface area contributed by atoms with Crippen molar-refractivity contribution in [2.45, 2.75) is 18.8 Å². The minimum absolute atomic E-state index is 0.182. The van der Waals surface area contributed by atoms with Gasteiger partial charge in [-0.1, -0.05) is 11.3 Å². The maximum Gasteiger partial charge on any atom is 0.128 e. The van der Waals surface area contributed by atoms with Gasteiger partial charge in [-0.05, 0) is 12.1 Å². The maximum absolute atomic E-state index is 5.87. The number of rotatable bonds is 1. The Balaban J connectivity index is 1.64. The van der Waals surface area contributed by atoms with E-state index in [0.717, 1.165) is 24.6 Å². The molecule has 0 saturated carbocycles. The average Bonchev–Trinajstić information content (AvgIpc) is 3.05. The number of ether oxygens (including phenoxy) is 1. The molecule has 0 spiro atoms. The van der Waals surface area contributed by atoms with E-state index in [2.05, 4.69) is 20.2 Å². The number of nitrogens with zero attached hydrogens (tertiary/aromatic N) is 5. The minimum atomic E-state index is 0.182. The molecule has 0 N–H and O–H groups in total. The third kappa shape index (κ3) is 1.42. The lowest BCUT2D eigenvalue weighted by molar-refractivity contribution is -0.00254. The van der Waals surface area contributed by atoms with Crippen LogP contribution in [0, 0.1) is 0 Å². The minimum Gasteiger partial charge on any atom is -0.368 e. The molecule has 6 heteroatoms. The predicted octanol–water partition coefficient (Wildman–Crippen LogP) is 0.633. The predicted molar refractivity (Wildman–Crippen MR) is 64.1 cm³/mol. The molecular formula is C12H13N5O. The van der Waals surface area contributed by atoms with Gasteiger partial charge in [0.1, 0.15) is 5.82 Å². The molecule has 0 bridgehead atoms. The van der Waals surface area contributed by atoms with Crippen LogP contribution in [0.4, 0.5) is 5.82 Å². The molecule has 4 heterocycles. The first-order valence-electron chi connectivity index (χ1n) is 6.08. The average molecular weight is 243 g/mol. The van der Waals surface area contributed by atoms with E-state index in [1.54, 1.807) is 6.20 Å². The van der Waals surface area contributed by atoms with Crippen molar-refractivity contribution in [3.63, 3.8) is 0 Å². The van der Waals surface area contributed by atoms with Gasteiger partial charge in [0.25, 0.3) is 0 Å². The van der Waals surface area contributed by atoms with E-state index in [9.17, 15) is 0 Å². The van der Waals surface area contributed by atoms with Crippen LogP contribution in [0.25, 0.3) is 0 Å². The highest BCUT2D eigenvalue weighted by atomic mass is 16.5. The normalized spacial score (nSPS) is 25.9. The van der Waals surface area contributed by atoms with Crippen molar-refractivity contribution in [3.8, 4) is 0 Å². The molecule has 2 aliphatic heterocycles. The van der Waals surface area contributed by atoms with Gasteiger partial charge < -0.3 is 9.64 Å². The van der Waals surface area contributed by atoms with E-state index in [-0.39, 0.29) is 12.1 Å². The summed E-state index contributed by atoms with van der Waals surface area (Å²) in [5.41, 5.74) is 1.05. The summed E-state index contributed by atoms with van der Waals surface area (Å²) in [7, 11) is 0. The van der Waals surface area contributed by atoms with Gasteiger partial charge in [-0.25, -0.2) is 9.67 Å². The van der Waals surface area contributed by atoms with Crippen molar-refractivity contribution in [2.75, 3.05) is 18.0 Å². The monoisotopic (exact) mass is 243 g/mol. The van der Waals surface area contributed by atoms with Crippen LogP contribution < -0.4 is 4.90 Å². The smallest absolute Gasteiger partial charge is 0.128 e. The second kappa shape index (κ2) is 3.78. The Morgan fingerprint density at radius 1 is 1.28 bits per heavy atom. The van der Waals surface area contributed by atoms with Gasteiger partial charge in [-0.15, -0.1) is 5.10 Å². The molecular weight excluding hydrogens is 230 g/mol. The van der Waals surface area contributed by atoms with Gasteiger partial charge in [0.05, 0.1) is 30.6 Å². The Bertz CT molecular complexity index is 555. The molecule has 6 nitrogen and oxygen atoms in total. The number of hydrogen-bond acceptors (Lipinski definition) is 5. The largest absolute Gasteiger partial charge is 0.368 e. The Morgan fingerprint density at radius 2 is 2.28 bits per heavy atom. The zero-order valence-electron chi connectivity index (χ0n) is 9.81. The molecule has 1 fully saturated rings. The standard InChI is InChI=1S/C12H13N5O/c1-2-4-13-12(3-1)16-6-10-11(7-16)18-8-9-5-14-15-17(9)10/h1-5,10-11H,6-8H2/t10?,11-/m1/s1. The highest BCUT2D eigenvalue weighted by Crippen LogP contribution is 2.31. The van der Waals surface area contributed by atoms with Gasteiger partial charge in [0, 0.05) is 19.3 Å². The summed E-state index contributed by atoms with van der Waals surface area (Å²) in [5, 5.41) is 8.13. The van der Waals surface area contributed by atoms with Crippen LogP contribution in [0.3, 0.4) is 0 Å². The fraction of sp³-hybridized carbons (Fsp3) is 0.417. The van der Waals surface area contributed by atoms with Gasteiger partial charge in [-0.2, -0.15) is 0 Å². The lowest BCUT2D eigenvalue weighted by Crippen LogP contribution is -2.32. The summed E-state index contributed by atoms with van der Waals surface area (Å²) in [6.45, 7) is 2.34. The van der Waals surface area contributed by atoms with E-state index >= 15 is 0 Å². The Labute approximate surface area is 104 Å². The summed E-state index contributed by atoms with van der Waals surface area (Å²) in [6, 6.07) is 6.21. The number of aromatic nitrogens is 4. The molecule has 2 aromatic rings. The highest BCUT2D eigenvalue weighted by molar-refractivity contribution is 5.40. The number of hydrogen-bond donors (Lipinski definition) is 0. The second-order valence-corrected chi connectivity index (χ2v) is 4.68. The molecule has 2 aromatic heterocycles. The summed E-state index contributed by atoms with van der Waals surface area (Å²) >= 11 is 0. The lowest BCUT2D eigenvalue weighted by Gasteiger charge is -2.25. The zero-order chi connectivity index (χ0) is 11.9. The Kier molecular flexibility index (Phi) is 2.10. The van der Waals surface area contributed by atoms with E-state index in [4.69, 9.17) is 4.74 Å². The molecule has 2 atom stereocenters. The molecule has 0 aliphatic carbocycles. The number of pyridine rings is 1. The summed E-state index contributed by atoms with van der Waals surface area (Å²) < 4.78 is 7.87. The van der Waals surface area contributed by atoms with Crippen molar-refractivity contribution < 1.29 is 4.74 Å². The quantitative estimate of drug-likeness (QED) is 0.735. The Morgan fingerprint density at radius 3 is 3.17 bits per heavy atom. The number of anilines is 1. The molecule has 18 heavy (non-hydrogen) atoms. The molecule has 4 rings (SSSR count). The first-order chi connectivity index (χ1) is 8.92. The van der Waals surface area contributed by atoms with Crippen molar-refractivity contribution in [1.82, 2.24) is 20.0 Å². The molecule has 2 aliphatic rings. The second-order valence-electron chi connectivity index (χ2n) is 4.68. The van der Waals surface area contributed by atoms with Gasteiger partial charge >= 0.3 is 0 Å². The van der Waals surface area contributed by atoms with Crippen molar-refractivity contribution in [3.05, 3.63) is 36.3 Å². The van der Waals surface area contributed by atoms with Crippen LogP contribution in [0.5, 0.6) is 0 Å². The van der Waals surface area contributed by atoms with Crippen molar-refractivity contribution >= 4 is 5.82 Å². The fourth-order valence-electron chi connectivity index (χ4n) is 2.72. The van der Waals surface area contributed by atoms with Crippen LogP contribution in [0.15, 0.2) is 30.6 Å². The third-order valence-electron chi connectivity index (χ3n) is 3.62. The molecule has 0 aromatic carbocycles. The first kappa shape index (κ1) is 10.0. The van der Waals surface area contributed by atoms with E-state index in [0.29, 0.717) is 6.61 Å². The number of fused-ring (bicyclic) bond motifs is 3. The first-order valence-corrected chi connectivity index (χ1v) is 6.08. The summed E-state index contributed by atoms with van der Waals surface area (Å²) in [6.07, 6.45) is 3.78. The summed E-state index contributed by atoms with van der Waals surface area (Å²) in [4.78, 5) is 6.63. The van der Waals surface area contributed by atoms with E-state index in [1.165, 1.54) is 0 Å². The van der Waals surface area contributed by atoms with Crippen LogP contribution >= 0.6 is 0 Å². The summed E-state index contributed by atoms with van der Waals surface area (Å²) in [5.74, 6) is 0.997. The molecule has 0 amide bonds. The van der Waals surface area contributed by atoms with Crippen LogP contribution in [-0.2, 0) is 11.3 Å². The van der Waals surface area contributed by atoms with Crippen LogP contribution in [0.2, 0.25) is 0 Å². The molecule has 92 valence electrons. The van der Waals surface area contributed by atoms with Gasteiger partial charge in [0.2, 0.25) is 0 Å². The maximum atomic E-state index is 5.87. The topological polar surface area (TPSA) is 56.1 Å². The van der Waals surface area contributed by atoms with Crippen molar-refractivity contribution in [2.24, 2.45) is 0 Å². The molecule has 1 saturated heterocycles. The third-order valence-corrected chi connectivity index (χ3v) is 3.62. The zero-order valence-corrected chi connectivity index (χ0v) is 9.81. The SMILES string of the molecule is c1ccc(N2CC3[C@@H](C2)OCc2cnnn23)nc1. The molecule has 1 unspecified atom stereocenters. The Hall–Kier alpha value is -1.95. The lowest BCUT2D eigenvalue weighted by atomic mass is 10.2. The fourth-order valence-corrected chi connectivity index (χ4v) is 2.72. The molecule has 0 radical (unpaired) electrons. The van der Waals surface area contributed by atoms with Crippen LogP contribution in [0.1, 0.15) is 11.7 Å². The van der Waals surface area contributed by atoms with E-state index < -0.39 is 0 Å². The van der Waals surface area contributed by atoms with E-state index in [1.807, 2.05) is 29.1 Å². The highest BCUT2D eigenvalue weighted by Gasteiger charge is 2.39. The van der Waals surface area contributed by atoms with Crippen molar-refractivity contribution in [1.29, 1.82) is 0 Å². The van der Waals surface area contributed by atoms with Gasteiger partial charge in [-0.3, -0.25) is 0 Å². The van der Waals surface area contributed by atoms with Gasteiger partial charge in [0.15, 0.2) is 0 Å².